The monoisotopic (exact) mass is 187 g/mol. The van der Waals surface area contributed by atoms with Crippen LogP contribution in [-0.2, 0) is 0 Å². The van der Waals surface area contributed by atoms with Gasteiger partial charge in [0.25, 0.3) is 5.56 Å². The van der Waals surface area contributed by atoms with Gasteiger partial charge < -0.3 is 5.41 Å². The molecule has 4 heteroatoms. The molecule has 0 spiro atoms. The van der Waals surface area contributed by atoms with Gasteiger partial charge in [0.15, 0.2) is 0 Å². The Hall–Kier alpha value is -2.10. The number of H-pyrrole nitrogens is 2. The maximum absolute atomic E-state index is 11.2. The van der Waals surface area contributed by atoms with Crippen LogP contribution in [0.4, 0.5) is 0 Å². The van der Waals surface area contributed by atoms with Crippen molar-refractivity contribution in [2.75, 3.05) is 0 Å². The standard InChI is InChI=1S/C10H9N3O/c11-6-8-9(12-13-10(8)14)7-4-2-1-3-5-7/h1-6,11H,(H2,12,13,14). The molecule has 1 aromatic carbocycles. The van der Waals surface area contributed by atoms with Crippen LogP contribution in [0.3, 0.4) is 0 Å². The van der Waals surface area contributed by atoms with E-state index in [-0.39, 0.29) is 5.56 Å². The van der Waals surface area contributed by atoms with Gasteiger partial charge in [-0.3, -0.25) is 15.0 Å². The lowest BCUT2D eigenvalue weighted by atomic mass is 10.1. The Morgan fingerprint density at radius 3 is 2.50 bits per heavy atom. The molecule has 0 saturated carbocycles. The first-order chi connectivity index (χ1) is 6.83. The molecule has 2 aromatic rings. The average Bonchev–Trinajstić information content (AvgIpc) is 2.61. The minimum absolute atomic E-state index is 0.265. The minimum atomic E-state index is -0.265. The maximum atomic E-state index is 11.2. The summed E-state index contributed by atoms with van der Waals surface area (Å²) < 4.78 is 0. The van der Waals surface area contributed by atoms with Gasteiger partial charge in [-0.05, 0) is 0 Å². The van der Waals surface area contributed by atoms with Crippen molar-refractivity contribution in [3.8, 4) is 11.3 Å². The normalized spacial score (nSPS) is 10.0. The quantitative estimate of drug-likeness (QED) is 0.610. The summed E-state index contributed by atoms with van der Waals surface area (Å²) in [5, 5.41) is 12.3. The van der Waals surface area contributed by atoms with Gasteiger partial charge in [-0.2, -0.15) is 0 Å². The van der Waals surface area contributed by atoms with Crippen molar-refractivity contribution >= 4 is 6.21 Å². The highest BCUT2D eigenvalue weighted by molar-refractivity contribution is 5.86. The molecule has 1 aromatic heterocycles. The van der Waals surface area contributed by atoms with E-state index in [1.807, 2.05) is 30.3 Å². The van der Waals surface area contributed by atoms with Gasteiger partial charge in [-0.25, -0.2) is 0 Å². The molecule has 70 valence electrons. The van der Waals surface area contributed by atoms with Crippen LogP contribution in [0.1, 0.15) is 5.56 Å². The summed E-state index contributed by atoms with van der Waals surface area (Å²) in [5.74, 6) is 0. The van der Waals surface area contributed by atoms with Gasteiger partial charge in [0.2, 0.25) is 0 Å². The highest BCUT2D eigenvalue weighted by Gasteiger charge is 2.07. The number of aromatic nitrogens is 2. The zero-order chi connectivity index (χ0) is 9.97. The maximum Gasteiger partial charge on any atom is 0.273 e. The Bertz CT molecular complexity index is 496. The van der Waals surface area contributed by atoms with Crippen molar-refractivity contribution in [3.63, 3.8) is 0 Å². The second kappa shape index (κ2) is 3.33. The predicted molar refractivity (Wildman–Crippen MR) is 54.7 cm³/mol. The molecule has 0 bridgehead atoms. The van der Waals surface area contributed by atoms with Crippen LogP contribution in [0.25, 0.3) is 11.3 Å². The van der Waals surface area contributed by atoms with Crippen molar-refractivity contribution in [2.24, 2.45) is 0 Å². The first-order valence-corrected chi connectivity index (χ1v) is 4.19. The molecule has 0 radical (unpaired) electrons. The molecule has 0 saturated heterocycles. The average molecular weight is 187 g/mol. The number of rotatable bonds is 2. The van der Waals surface area contributed by atoms with E-state index in [1.54, 1.807) is 0 Å². The summed E-state index contributed by atoms with van der Waals surface area (Å²) in [6.07, 6.45) is 1.05. The third-order valence-corrected chi connectivity index (χ3v) is 2.02. The van der Waals surface area contributed by atoms with Gasteiger partial charge in [0.1, 0.15) is 0 Å². The lowest BCUT2D eigenvalue weighted by Gasteiger charge is -1.96. The molecule has 0 fully saturated rings. The Morgan fingerprint density at radius 1 is 1.14 bits per heavy atom. The van der Waals surface area contributed by atoms with Crippen molar-refractivity contribution in [3.05, 3.63) is 46.2 Å². The fourth-order valence-corrected chi connectivity index (χ4v) is 1.34. The Morgan fingerprint density at radius 2 is 1.86 bits per heavy atom. The largest absolute Gasteiger partial charge is 0.308 e. The topological polar surface area (TPSA) is 72.5 Å². The molecule has 4 nitrogen and oxygen atoms in total. The van der Waals surface area contributed by atoms with E-state index in [0.29, 0.717) is 11.3 Å². The molecule has 1 heterocycles. The smallest absolute Gasteiger partial charge is 0.273 e. The summed E-state index contributed by atoms with van der Waals surface area (Å²) in [7, 11) is 0. The van der Waals surface area contributed by atoms with E-state index in [1.165, 1.54) is 0 Å². The van der Waals surface area contributed by atoms with Crippen LogP contribution in [0.5, 0.6) is 0 Å². The summed E-state index contributed by atoms with van der Waals surface area (Å²) in [6, 6.07) is 9.43. The second-order valence-corrected chi connectivity index (χ2v) is 2.88. The third-order valence-electron chi connectivity index (χ3n) is 2.02. The van der Waals surface area contributed by atoms with E-state index in [4.69, 9.17) is 5.41 Å². The van der Waals surface area contributed by atoms with Crippen LogP contribution >= 0.6 is 0 Å². The van der Waals surface area contributed by atoms with E-state index in [0.717, 1.165) is 11.8 Å². The molecule has 0 aliphatic rings. The third kappa shape index (κ3) is 1.26. The number of nitrogens with one attached hydrogen (secondary N) is 3. The first-order valence-electron chi connectivity index (χ1n) is 4.19. The molecule has 0 aliphatic heterocycles. The van der Waals surface area contributed by atoms with Crippen molar-refractivity contribution in [1.82, 2.24) is 10.2 Å². The fourth-order valence-electron chi connectivity index (χ4n) is 1.34. The lowest BCUT2D eigenvalue weighted by Crippen LogP contribution is -2.04. The Kier molecular flexibility index (Phi) is 2.02. The number of hydrogen-bond donors (Lipinski definition) is 3. The molecule has 3 N–H and O–H groups in total. The molecule has 0 amide bonds. The van der Waals surface area contributed by atoms with Gasteiger partial charge in [-0.1, -0.05) is 30.3 Å². The van der Waals surface area contributed by atoms with Crippen LogP contribution < -0.4 is 5.56 Å². The van der Waals surface area contributed by atoms with Gasteiger partial charge in [-0.15, -0.1) is 0 Å². The summed E-state index contributed by atoms with van der Waals surface area (Å²) in [6.45, 7) is 0. The SMILES string of the molecule is N=Cc1c(-c2ccccc2)[nH][nH]c1=O. The Balaban J connectivity index is 2.63. The predicted octanol–water partition coefficient (Wildman–Crippen LogP) is 1.37. The fraction of sp³-hybridized carbons (Fsp3) is 0. The summed E-state index contributed by atoms with van der Waals surface area (Å²) in [4.78, 5) is 11.2. The van der Waals surface area contributed by atoms with Gasteiger partial charge in [0.05, 0.1) is 11.3 Å². The molecular weight excluding hydrogens is 178 g/mol. The molecule has 14 heavy (non-hydrogen) atoms. The van der Waals surface area contributed by atoms with Crippen molar-refractivity contribution in [1.29, 1.82) is 5.41 Å². The second-order valence-electron chi connectivity index (χ2n) is 2.88. The molecule has 0 aliphatic carbocycles. The number of hydrogen-bond acceptors (Lipinski definition) is 2. The zero-order valence-electron chi connectivity index (χ0n) is 7.37. The van der Waals surface area contributed by atoms with E-state index >= 15 is 0 Å². The van der Waals surface area contributed by atoms with E-state index in [2.05, 4.69) is 10.2 Å². The molecule has 0 atom stereocenters. The number of aromatic amines is 2. The molecule has 2 rings (SSSR count). The van der Waals surface area contributed by atoms with E-state index in [9.17, 15) is 4.79 Å². The minimum Gasteiger partial charge on any atom is -0.308 e. The number of benzene rings is 1. The van der Waals surface area contributed by atoms with E-state index < -0.39 is 0 Å². The van der Waals surface area contributed by atoms with Gasteiger partial charge in [0, 0.05) is 11.8 Å². The highest BCUT2D eigenvalue weighted by Crippen LogP contribution is 2.16. The molecular formula is C10H9N3O. The van der Waals surface area contributed by atoms with Crippen LogP contribution in [-0.4, -0.2) is 16.4 Å². The van der Waals surface area contributed by atoms with Crippen LogP contribution in [0.2, 0.25) is 0 Å². The zero-order valence-corrected chi connectivity index (χ0v) is 7.37. The molecule has 0 unspecified atom stereocenters. The first kappa shape index (κ1) is 8.50. The van der Waals surface area contributed by atoms with Crippen molar-refractivity contribution in [2.45, 2.75) is 0 Å². The van der Waals surface area contributed by atoms with Crippen LogP contribution in [0, 0.1) is 5.41 Å². The van der Waals surface area contributed by atoms with Gasteiger partial charge >= 0.3 is 0 Å². The summed E-state index contributed by atoms with van der Waals surface area (Å²) in [5.41, 5.74) is 1.64. The lowest BCUT2D eigenvalue weighted by molar-refractivity contribution is 1.06. The summed E-state index contributed by atoms with van der Waals surface area (Å²) >= 11 is 0. The van der Waals surface area contributed by atoms with Crippen LogP contribution in [0.15, 0.2) is 35.1 Å². The highest BCUT2D eigenvalue weighted by atomic mass is 16.1. The van der Waals surface area contributed by atoms with Crippen molar-refractivity contribution < 1.29 is 0 Å². The Labute approximate surface area is 80.1 Å².